The van der Waals surface area contributed by atoms with E-state index in [0.717, 1.165) is 18.2 Å². The molecule has 0 bridgehead atoms. The molecule has 0 saturated heterocycles. The van der Waals surface area contributed by atoms with Crippen molar-refractivity contribution in [3.05, 3.63) is 35.5 Å². The average Bonchev–Trinajstić information content (AvgIpc) is 2.10. The summed E-state index contributed by atoms with van der Waals surface area (Å²) in [6.45, 7) is 8.09. The van der Waals surface area contributed by atoms with Crippen molar-refractivity contribution in [2.24, 2.45) is 0 Å². The van der Waals surface area contributed by atoms with Crippen molar-refractivity contribution < 1.29 is 67.0 Å². The molecule has 1 radical (unpaired) electrons. The Bertz CT molecular complexity index is 368. The summed E-state index contributed by atoms with van der Waals surface area (Å²) in [6, 6.07) is 0. The number of rotatable bonds is 3. The molecule has 0 spiro atoms. The summed E-state index contributed by atoms with van der Waals surface area (Å²) in [7, 11) is 0. The molecule has 0 aliphatic carbocycles. The molecule has 0 heterocycles. The summed E-state index contributed by atoms with van der Waals surface area (Å²) in [5.74, 6) is -1.12. The molecule has 0 saturated carbocycles. The molecule has 0 aromatic rings. The quantitative estimate of drug-likeness (QED) is 0.411. The van der Waals surface area contributed by atoms with E-state index in [1.54, 1.807) is 0 Å². The van der Waals surface area contributed by atoms with Gasteiger partial charge < -0.3 is 15.3 Å². The van der Waals surface area contributed by atoms with E-state index < -0.39 is 0 Å². The molecule has 0 aliphatic heterocycles. The van der Waals surface area contributed by atoms with Crippen molar-refractivity contribution >= 4 is 17.3 Å². The van der Waals surface area contributed by atoms with E-state index in [2.05, 4.69) is 0 Å². The number of carbonyl (C=O) groups excluding carboxylic acids is 3. The maximum absolute atomic E-state index is 9.98. The third-order valence-electron chi connectivity index (χ3n) is 1.22. The van der Waals surface area contributed by atoms with Crippen molar-refractivity contribution in [1.29, 1.82) is 0 Å². The van der Waals surface area contributed by atoms with E-state index in [-0.39, 0.29) is 71.9 Å². The number of allylic oxidation sites excluding steroid dienone is 6. The van der Waals surface area contributed by atoms with E-state index in [4.69, 9.17) is 0 Å². The Morgan fingerprint density at radius 1 is 0.545 bits per heavy atom. The average molecular weight is 465 g/mol. The van der Waals surface area contributed by atoms with Gasteiger partial charge in [0, 0.05) is 0 Å². The fraction of sp³-hybridized carbons (Fsp3) is 0.400. The molecule has 129 valence electrons. The van der Waals surface area contributed by atoms with E-state index >= 15 is 0 Å². The van der Waals surface area contributed by atoms with Crippen molar-refractivity contribution in [3.63, 3.8) is 0 Å². The summed E-state index contributed by atoms with van der Waals surface area (Å²) in [5, 5.41) is 29.9. The van der Waals surface area contributed by atoms with Crippen LogP contribution in [0.3, 0.4) is 0 Å². The van der Waals surface area contributed by atoms with Crippen LogP contribution in [0.1, 0.15) is 41.5 Å². The van der Waals surface area contributed by atoms with E-state index in [9.17, 15) is 29.7 Å². The number of carbonyl (C=O) groups is 3. The van der Waals surface area contributed by atoms with Crippen LogP contribution in [0.4, 0.5) is 0 Å². The van der Waals surface area contributed by atoms with Gasteiger partial charge in [0.1, 0.15) is 0 Å². The van der Waals surface area contributed by atoms with Gasteiger partial charge in [0.25, 0.3) is 0 Å². The van der Waals surface area contributed by atoms with Crippen LogP contribution < -0.4 is 15.3 Å². The zero-order valence-corrected chi connectivity index (χ0v) is 15.3. The van der Waals surface area contributed by atoms with Gasteiger partial charge in [-0.1, -0.05) is 20.8 Å². The molecular formula is C15H21ErO6. The monoisotopic (exact) mass is 463 g/mol. The zero-order chi connectivity index (χ0) is 17.6. The van der Waals surface area contributed by atoms with Gasteiger partial charge in [-0.2, -0.15) is 0 Å². The van der Waals surface area contributed by atoms with Gasteiger partial charge in [0.2, 0.25) is 0 Å². The van der Waals surface area contributed by atoms with Crippen LogP contribution in [0.2, 0.25) is 0 Å². The van der Waals surface area contributed by atoms with Crippen molar-refractivity contribution in [3.8, 4) is 0 Å². The summed E-state index contributed by atoms with van der Waals surface area (Å²) >= 11 is 0. The summed E-state index contributed by atoms with van der Waals surface area (Å²) < 4.78 is 0. The number of hydrogen-bond donors (Lipinski definition) is 0. The fourth-order valence-electron chi connectivity index (χ4n) is 0.859. The Hall–Kier alpha value is -1.12. The Balaban J connectivity index is -0.000000108. The minimum absolute atomic E-state index is 0. The van der Waals surface area contributed by atoms with Crippen LogP contribution in [-0.4, -0.2) is 17.3 Å². The molecular weight excluding hydrogens is 443 g/mol. The number of ketones is 3. The van der Waals surface area contributed by atoms with Crippen LogP contribution in [0, 0.1) is 37.3 Å². The molecule has 22 heavy (non-hydrogen) atoms. The standard InChI is InChI=1S/3C5H8O2.Er/c3*1-4(6)3-5(2)7;/h3*3,6H,1-2H3;/q;;;+3/p-3. The van der Waals surface area contributed by atoms with E-state index in [1.807, 2.05) is 0 Å². The third-order valence-corrected chi connectivity index (χ3v) is 1.22. The maximum atomic E-state index is 9.98. The summed E-state index contributed by atoms with van der Waals surface area (Å²) in [4.78, 5) is 29.9. The van der Waals surface area contributed by atoms with Crippen LogP contribution in [0.15, 0.2) is 35.5 Å². The minimum Gasteiger partial charge on any atom is -0.876 e. The Kier molecular flexibility index (Phi) is 23.6. The van der Waals surface area contributed by atoms with Crippen molar-refractivity contribution in [2.75, 3.05) is 0 Å². The molecule has 0 fully saturated rings. The van der Waals surface area contributed by atoms with Gasteiger partial charge in [-0.25, -0.2) is 0 Å². The maximum Gasteiger partial charge on any atom is 3.00 e. The summed E-state index contributed by atoms with van der Waals surface area (Å²) in [6.07, 6.45) is 3.17. The topological polar surface area (TPSA) is 120 Å². The van der Waals surface area contributed by atoms with Crippen molar-refractivity contribution in [2.45, 2.75) is 41.5 Å². The fourth-order valence-corrected chi connectivity index (χ4v) is 0.859. The van der Waals surface area contributed by atoms with E-state index in [0.29, 0.717) is 0 Å². The first kappa shape index (κ1) is 29.0. The molecule has 0 N–H and O–H groups in total. The van der Waals surface area contributed by atoms with Gasteiger partial charge in [-0.05, 0) is 39.0 Å². The zero-order valence-electron chi connectivity index (χ0n) is 13.5. The molecule has 0 aromatic carbocycles. The third kappa shape index (κ3) is 51.0. The van der Waals surface area contributed by atoms with Crippen LogP contribution in [0.5, 0.6) is 0 Å². The predicted octanol–water partition coefficient (Wildman–Crippen LogP) is -0.481. The molecule has 0 unspecified atom stereocenters. The SMILES string of the molecule is CC(=O)C=C(C)[O-].CC(=O)C=C(C)[O-].CC(=O)C=C(C)[O-].[Er+3]. The normalized spacial score (nSPS) is 10.9. The Morgan fingerprint density at radius 2 is 0.682 bits per heavy atom. The molecule has 0 rings (SSSR count). The van der Waals surface area contributed by atoms with E-state index in [1.165, 1.54) is 41.5 Å². The second-order valence-electron chi connectivity index (χ2n) is 4.10. The predicted molar refractivity (Wildman–Crippen MR) is 73.3 cm³/mol. The first-order valence-electron chi connectivity index (χ1n) is 5.96. The first-order chi connectivity index (χ1) is 9.38. The van der Waals surface area contributed by atoms with Crippen molar-refractivity contribution in [1.82, 2.24) is 0 Å². The summed E-state index contributed by atoms with van der Waals surface area (Å²) in [5.41, 5.74) is 0. The largest absolute Gasteiger partial charge is 3.00 e. The van der Waals surface area contributed by atoms with Gasteiger partial charge in [-0.3, -0.25) is 14.4 Å². The second-order valence-corrected chi connectivity index (χ2v) is 4.10. The van der Waals surface area contributed by atoms with Crippen LogP contribution >= 0.6 is 0 Å². The molecule has 0 atom stereocenters. The molecule has 0 amide bonds. The van der Waals surface area contributed by atoms with Gasteiger partial charge in [0.05, 0.1) is 0 Å². The van der Waals surface area contributed by atoms with Crippen LogP contribution in [-0.2, 0) is 14.4 Å². The first-order valence-corrected chi connectivity index (χ1v) is 5.96. The molecule has 6 nitrogen and oxygen atoms in total. The minimum atomic E-state index is -0.187. The Morgan fingerprint density at radius 3 is 0.682 bits per heavy atom. The molecule has 0 aliphatic rings. The van der Waals surface area contributed by atoms with Crippen LogP contribution in [0.25, 0.3) is 0 Å². The van der Waals surface area contributed by atoms with Gasteiger partial charge >= 0.3 is 37.3 Å². The number of hydrogen-bond acceptors (Lipinski definition) is 6. The second kappa shape index (κ2) is 17.9. The van der Waals surface area contributed by atoms with Gasteiger partial charge in [0.15, 0.2) is 17.3 Å². The molecule has 7 heteroatoms. The Labute approximate surface area is 160 Å². The molecule has 0 aromatic heterocycles. The van der Waals surface area contributed by atoms with Gasteiger partial charge in [-0.15, -0.1) is 17.3 Å². The smallest absolute Gasteiger partial charge is 0.876 e.